The minimum absolute atomic E-state index is 0.0887. The molecule has 0 amide bonds. The monoisotopic (exact) mass is 282 g/mol. The highest BCUT2D eigenvalue weighted by Crippen LogP contribution is 2.40. The van der Waals surface area contributed by atoms with E-state index in [9.17, 15) is 10.1 Å². The van der Waals surface area contributed by atoms with Crippen molar-refractivity contribution in [1.29, 1.82) is 0 Å². The molecule has 0 aliphatic carbocycles. The fourth-order valence-corrected chi connectivity index (χ4v) is 2.22. The molecule has 2 rings (SSSR count). The van der Waals surface area contributed by atoms with Crippen molar-refractivity contribution in [2.75, 3.05) is 5.73 Å². The highest BCUT2D eigenvalue weighted by atomic mass is 35.5. The second-order valence-electron chi connectivity index (χ2n) is 3.63. The lowest BCUT2D eigenvalue weighted by atomic mass is 10.0. The Labute approximate surface area is 113 Å². The molecule has 0 radical (unpaired) electrons. The summed E-state index contributed by atoms with van der Waals surface area (Å²) in [6.45, 7) is 0. The van der Waals surface area contributed by atoms with Crippen molar-refractivity contribution in [2.24, 2.45) is 0 Å². The first-order valence-electron chi connectivity index (χ1n) is 4.99. The van der Waals surface area contributed by atoms with Crippen LogP contribution in [0.1, 0.15) is 0 Å². The fourth-order valence-electron chi connectivity index (χ4n) is 1.67. The molecule has 2 aromatic carbocycles. The molecule has 18 heavy (non-hydrogen) atoms. The minimum atomic E-state index is -0.492. The number of hydrogen-bond acceptors (Lipinski definition) is 3. The molecule has 0 bridgehead atoms. The van der Waals surface area contributed by atoms with E-state index in [4.69, 9.17) is 28.9 Å². The van der Waals surface area contributed by atoms with Crippen LogP contribution < -0.4 is 5.73 Å². The molecule has 0 saturated heterocycles. The van der Waals surface area contributed by atoms with Crippen molar-refractivity contribution in [3.8, 4) is 11.1 Å². The molecular weight excluding hydrogens is 275 g/mol. The first kappa shape index (κ1) is 12.7. The molecule has 0 fully saturated rings. The van der Waals surface area contributed by atoms with Gasteiger partial charge in [0, 0.05) is 17.3 Å². The van der Waals surface area contributed by atoms with Crippen molar-refractivity contribution in [3.63, 3.8) is 0 Å². The van der Waals surface area contributed by atoms with E-state index in [1.54, 1.807) is 18.2 Å². The predicted molar refractivity (Wildman–Crippen MR) is 73.0 cm³/mol. The van der Waals surface area contributed by atoms with Crippen LogP contribution in [0.4, 0.5) is 11.4 Å². The van der Waals surface area contributed by atoms with E-state index >= 15 is 0 Å². The highest BCUT2D eigenvalue weighted by Gasteiger charge is 2.20. The molecule has 0 spiro atoms. The zero-order valence-electron chi connectivity index (χ0n) is 9.06. The molecule has 0 aliphatic heterocycles. The number of anilines is 1. The predicted octanol–water partition coefficient (Wildman–Crippen LogP) is 4.15. The zero-order valence-corrected chi connectivity index (χ0v) is 10.6. The lowest BCUT2D eigenvalue weighted by Gasteiger charge is -2.08. The van der Waals surface area contributed by atoms with E-state index in [1.165, 1.54) is 18.2 Å². The number of nitrogens with zero attached hydrogens (tertiary/aromatic N) is 1. The van der Waals surface area contributed by atoms with E-state index < -0.39 is 4.92 Å². The van der Waals surface area contributed by atoms with Crippen molar-refractivity contribution in [3.05, 3.63) is 56.6 Å². The summed E-state index contributed by atoms with van der Waals surface area (Å²) < 4.78 is 0. The Bertz CT molecular complexity index is 629. The van der Waals surface area contributed by atoms with Gasteiger partial charge in [-0.05, 0) is 18.2 Å². The number of nitro groups is 1. The molecule has 0 aromatic heterocycles. The first-order chi connectivity index (χ1) is 8.50. The summed E-state index contributed by atoms with van der Waals surface area (Å²) in [6, 6.07) is 9.25. The Morgan fingerprint density at radius 2 is 1.83 bits per heavy atom. The first-order valence-corrected chi connectivity index (χ1v) is 5.74. The van der Waals surface area contributed by atoms with Crippen molar-refractivity contribution in [1.82, 2.24) is 0 Å². The van der Waals surface area contributed by atoms with E-state index in [0.717, 1.165) is 0 Å². The van der Waals surface area contributed by atoms with Crippen LogP contribution in [0.5, 0.6) is 0 Å². The maximum Gasteiger partial charge on any atom is 0.278 e. The lowest BCUT2D eigenvalue weighted by molar-refractivity contribution is -0.384. The second-order valence-corrected chi connectivity index (χ2v) is 4.44. The van der Waals surface area contributed by atoms with Gasteiger partial charge in [-0.25, -0.2) is 0 Å². The topological polar surface area (TPSA) is 69.2 Å². The Kier molecular flexibility index (Phi) is 3.41. The van der Waals surface area contributed by atoms with Crippen molar-refractivity contribution in [2.45, 2.75) is 0 Å². The summed E-state index contributed by atoms with van der Waals surface area (Å²) in [4.78, 5) is 10.5. The van der Waals surface area contributed by atoms with Gasteiger partial charge in [-0.15, -0.1) is 0 Å². The largest absolute Gasteiger partial charge is 0.399 e. The van der Waals surface area contributed by atoms with Gasteiger partial charge in [-0.3, -0.25) is 10.1 Å². The van der Waals surface area contributed by atoms with Gasteiger partial charge in [0.05, 0.1) is 20.5 Å². The summed E-state index contributed by atoms with van der Waals surface area (Å²) in [5, 5.41) is 11.6. The molecule has 6 heteroatoms. The summed E-state index contributed by atoms with van der Waals surface area (Å²) >= 11 is 12.1. The SMILES string of the molecule is Nc1ccc(-c2c(Cl)cccc2[N+](=O)[O-])c(Cl)c1. The molecule has 0 heterocycles. The maximum atomic E-state index is 11.0. The van der Waals surface area contributed by atoms with E-state index in [2.05, 4.69) is 0 Å². The van der Waals surface area contributed by atoms with Gasteiger partial charge >= 0.3 is 0 Å². The summed E-state index contributed by atoms with van der Waals surface area (Å²) in [5.74, 6) is 0. The van der Waals surface area contributed by atoms with Crippen molar-refractivity contribution >= 4 is 34.6 Å². The van der Waals surface area contributed by atoms with Gasteiger partial charge in [0.25, 0.3) is 5.69 Å². The Morgan fingerprint density at radius 3 is 2.44 bits per heavy atom. The van der Waals surface area contributed by atoms with Crippen LogP contribution in [0.25, 0.3) is 11.1 Å². The minimum Gasteiger partial charge on any atom is -0.399 e. The van der Waals surface area contributed by atoms with E-state index in [0.29, 0.717) is 21.8 Å². The summed E-state index contributed by atoms with van der Waals surface area (Å²) in [6.07, 6.45) is 0. The van der Waals surface area contributed by atoms with Crippen LogP contribution in [0.15, 0.2) is 36.4 Å². The summed E-state index contributed by atoms with van der Waals surface area (Å²) in [5.41, 5.74) is 6.78. The third kappa shape index (κ3) is 2.25. The second kappa shape index (κ2) is 4.84. The van der Waals surface area contributed by atoms with Crippen LogP contribution >= 0.6 is 23.2 Å². The quantitative estimate of drug-likeness (QED) is 0.511. The molecule has 4 nitrogen and oxygen atoms in total. The van der Waals surface area contributed by atoms with Crippen molar-refractivity contribution < 1.29 is 4.92 Å². The molecule has 2 aromatic rings. The molecule has 0 atom stereocenters. The third-order valence-electron chi connectivity index (χ3n) is 2.45. The van der Waals surface area contributed by atoms with Crippen LogP contribution in [-0.2, 0) is 0 Å². The smallest absolute Gasteiger partial charge is 0.278 e. The fraction of sp³-hybridized carbons (Fsp3) is 0. The summed E-state index contributed by atoms with van der Waals surface area (Å²) in [7, 11) is 0. The Balaban J connectivity index is 2.74. The molecule has 0 saturated carbocycles. The number of benzene rings is 2. The highest BCUT2D eigenvalue weighted by molar-refractivity contribution is 6.37. The Hall–Kier alpha value is -1.78. The Morgan fingerprint density at radius 1 is 1.11 bits per heavy atom. The molecular formula is C12H8Cl2N2O2. The van der Waals surface area contributed by atoms with Crippen LogP contribution in [0.2, 0.25) is 10.0 Å². The molecule has 92 valence electrons. The van der Waals surface area contributed by atoms with E-state index in [1.807, 2.05) is 0 Å². The van der Waals surface area contributed by atoms with Gasteiger partial charge in [0.1, 0.15) is 0 Å². The number of nitrogens with two attached hydrogens (primary N) is 1. The normalized spacial score (nSPS) is 10.3. The van der Waals surface area contributed by atoms with Gasteiger partial charge in [0.2, 0.25) is 0 Å². The number of nitro benzene ring substituents is 1. The van der Waals surface area contributed by atoms with Gasteiger partial charge < -0.3 is 5.73 Å². The van der Waals surface area contributed by atoms with Gasteiger partial charge in [-0.2, -0.15) is 0 Å². The maximum absolute atomic E-state index is 11.0. The van der Waals surface area contributed by atoms with Gasteiger partial charge in [-0.1, -0.05) is 35.3 Å². The van der Waals surface area contributed by atoms with Gasteiger partial charge in [0.15, 0.2) is 0 Å². The van der Waals surface area contributed by atoms with Crippen LogP contribution in [0, 0.1) is 10.1 Å². The zero-order chi connectivity index (χ0) is 13.3. The third-order valence-corrected chi connectivity index (χ3v) is 3.08. The molecule has 0 unspecified atom stereocenters. The number of hydrogen-bond donors (Lipinski definition) is 1. The van der Waals surface area contributed by atoms with Crippen LogP contribution in [0.3, 0.4) is 0 Å². The molecule has 0 aliphatic rings. The average Bonchev–Trinajstić information content (AvgIpc) is 2.29. The van der Waals surface area contributed by atoms with Crippen LogP contribution in [-0.4, -0.2) is 4.92 Å². The number of nitrogen functional groups attached to an aromatic ring is 1. The average molecular weight is 283 g/mol. The number of rotatable bonds is 2. The molecule has 2 N–H and O–H groups in total. The van der Waals surface area contributed by atoms with E-state index in [-0.39, 0.29) is 10.7 Å². The number of halogens is 2. The standard InChI is InChI=1S/C12H8Cl2N2O2/c13-9-2-1-3-11(16(17)18)12(9)8-5-4-7(15)6-10(8)14/h1-6H,15H2. The lowest BCUT2D eigenvalue weighted by Crippen LogP contribution is -1.94.